The third-order valence-electron chi connectivity index (χ3n) is 5.41. The Bertz CT molecular complexity index is 1060. The Labute approximate surface area is 248 Å². The van der Waals surface area contributed by atoms with Crippen LogP contribution in [0.4, 0.5) is 0 Å². The average molecular weight is 614 g/mol. The Balaban J connectivity index is 0.00000507. The van der Waals surface area contributed by atoms with E-state index in [0.717, 1.165) is 0 Å². The fourth-order valence-electron chi connectivity index (χ4n) is 3.45. The van der Waals surface area contributed by atoms with E-state index in [9.17, 15) is 14.4 Å². The minimum atomic E-state index is -0.106. The van der Waals surface area contributed by atoms with Crippen LogP contribution in [-0.2, 0) is 31.7 Å². The molecule has 3 rings (SSSR count). The fraction of sp³-hybridized carbons (Fsp3) is 0.222. The van der Waals surface area contributed by atoms with Crippen LogP contribution >= 0.6 is 34.8 Å². The summed E-state index contributed by atoms with van der Waals surface area (Å²) >= 11 is 17.9. The Hall–Kier alpha value is -2.57. The van der Waals surface area contributed by atoms with Crippen LogP contribution in [0.5, 0.6) is 0 Å². The van der Waals surface area contributed by atoms with E-state index in [1.807, 2.05) is 0 Å². The molecule has 0 radical (unpaired) electrons. The molecule has 3 N–H and O–H groups in total. The van der Waals surface area contributed by atoms with Crippen LogP contribution in [0.25, 0.3) is 0 Å². The molecular formula is C27H27Cl3CrN4O3. The van der Waals surface area contributed by atoms with Crippen LogP contribution in [-0.4, -0.2) is 61.5 Å². The third kappa shape index (κ3) is 10.7. The van der Waals surface area contributed by atoms with Gasteiger partial charge in [0.2, 0.25) is 0 Å². The van der Waals surface area contributed by atoms with Gasteiger partial charge in [-0.25, -0.2) is 0 Å². The number of halogens is 3. The van der Waals surface area contributed by atoms with E-state index in [4.69, 9.17) is 34.8 Å². The van der Waals surface area contributed by atoms with Crippen molar-refractivity contribution >= 4 is 52.2 Å². The zero-order valence-electron chi connectivity index (χ0n) is 20.4. The van der Waals surface area contributed by atoms with E-state index < -0.39 is 0 Å². The van der Waals surface area contributed by atoms with E-state index in [2.05, 4.69) is 20.9 Å². The topological polar surface area (TPSA) is 90.5 Å². The second-order valence-corrected chi connectivity index (χ2v) is 9.49. The van der Waals surface area contributed by atoms with Crippen molar-refractivity contribution in [2.75, 3.05) is 39.3 Å². The minimum absolute atomic E-state index is 0. The normalized spacial score (nSPS) is 20.1. The Morgan fingerprint density at radius 2 is 0.842 bits per heavy atom. The maximum Gasteiger partial charge on any atom is 0.187 e. The quantitative estimate of drug-likeness (QED) is 0.229. The number of nitrogens with one attached hydrogen (secondary N) is 3. The molecule has 7 nitrogen and oxygen atoms in total. The number of ketones is 3. The number of hydrogen-bond acceptors (Lipinski definition) is 7. The minimum Gasteiger partial charge on any atom is -0.389 e. The maximum absolute atomic E-state index is 11.9. The van der Waals surface area contributed by atoms with Crippen molar-refractivity contribution < 1.29 is 31.7 Å². The predicted molar refractivity (Wildman–Crippen MR) is 149 cm³/mol. The number of carbonyl (C=O) groups excluding carboxylic acids is 3. The van der Waals surface area contributed by atoms with Crippen molar-refractivity contribution in [3.05, 3.63) is 105 Å². The molecule has 0 aromatic rings. The largest absolute Gasteiger partial charge is 0.389 e. The molecule has 0 aromatic heterocycles. The molecule has 0 unspecified atom stereocenters. The van der Waals surface area contributed by atoms with Gasteiger partial charge in [0.15, 0.2) is 17.3 Å². The summed E-state index contributed by atoms with van der Waals surface area (Å²) in [5.41, 5.74) is 1.49. The van der Waals surface area contributed by atoms with Gasteiger partial charge in [0.1, 0.15) is 0 Å². The first-order chi connectivity index (χ1) is 17.8. The van der Waals surface area contributed by atoms with E-state index >= 15 is 0 Å². The Morgan fingerprint density at radius 3 is 1.13 bits per heavy atom. The molecule has 0 bridgehead atoms. The maximum atomic E-state index is 11.9. The summed E-state index contributed by atoms with van der Waals surface area (Å²) < 4.78 is 0. The van der Waals surface area contributed by atoms with Crippen molar-refractivity contribution in [2.45, 2.75) is 0 Å². The molecule has 0 saturated heterocycles. The molecule has 11 heteroatoms. The summed E-state index contributed by atoms with van der Waals surface area (Å²) in [5, 5.41) is 11.0. The molecule has 0 saturated carbocycles. The smallest absolute Gasteiger partial charge is 0.187 e. The first-order valence-corrected chi connectivity index (χ1v) is 12.8. The molecule has 0 fully saturated rings. The summed E-state index contributed by atoms with van der Waals surface area (Å²) in [6.07, 6.45) is 18.8. The molecule has 0 atom stereocenters. The van der Waals surface area contributed by atoms with Gasteiger partial charge < -0.3 is 16.0 Å². The molecule has 0 aromatic carbocycles. The first-order valence-electron chi connectivity index (χ1n) is 11.6. The van der Waals surface area contributed by atoms with Crippen molar-refractivity contribution in [1.29, 1.82) is 0 Å². The summed E-state index contributed by atoms with van der Waals surface area (Å²) in [4.78, 5) is 38.0. The SMILES string of the molecule is O=C1C=CC(Cl)=CC1=CNCCN(CCNC=C1C=C(Cl)C=CC1=O)CCNC=C1C=C(Cl)C=CC1=O.[Cr]. The van der Waals surface area contributed by atoms with Gasteiger partial charge in [0, 0.05) is 107 Å². The van der Waals surface area contributed by atoms with Crippen LogP contribution < -0.4 is 16.0 Å². The summed E-state index contributed by atoms with van der Waals surface area (Å²) in [6.45, 7) is 3.83. The molecule has 0 heterocycles. The number of allylic oxidation sites excluding steroid dienone is 15. The first kappa shape index (κ1) is 31.6. The average Bonchev–Trinajstić information content (AvgIpc) is 2.87. The zero-order chi connectivity index (χ0) is 26.6. The summed E-state index contributed by atoms with van der Waals surface area (Å²) in [7, 11) is 0. The van der Waals surface area contributed by atoms with Gasteiger partial charge in [0.05, 0.1) is 0 Å². The monoisotopic (exact) mass is 612 g/mol. The standard InChI is InChI=1S/C27H27Cl3N4O3.Cr/c28-22-1-4-25(35)19(13-22)16-31-7-10-34(11-8-32-17-20-14-23(29)2-5-26(20)36)12-9-33-18-21-15-24(30)3-6-27(21)37;/h1-6,13-18,31-33H,7-12H2;. The van der Waals surface area contributed by atoms with Gasteiger partial charge in [-0.15, -0.1) is 0 Å². The van der Waals surface area contributed by atoms with Crippen molar-refractivity contribution in [3.8, 4) is 0 Å². The third-order valence-corrected chi connectivity index (χ3v) is 6.11. The number of rotatable bonds is 12. The van der Waals surface area contributed by atoms with E-state index in [0.29, 0.717) is 71.1 Å². The molecule has 3 aliphatic rings. The predicted octanol–water partition coefficient (Wildman–Crippen LogP) is 3.49. The Morgan fingerprint density at radius 1 is 0.553 bits per heavy atom. The zero-order valence-corrected chi connectivity index (χ0v) is 23.9. The molecule has 3 aliphatic carbocycles. The van der Waals surface area contributed by atoms with Gasteiger partial charge in [-0.3, -0.25) is 19.3 Å². The van der Waals surface area contributed by atoms with Crippen molar-refractivity contribution in [3.63, 3.8) is 0 Å². The number of nitrogens with zero attached hydrogens (tertiary/aromatic N) is 1. The van der Waals surface area contributed by atoms with Crippen molar-refractivity contribution in [2.24, 2.45) is 0 Å². The van der Waals surface area contributed by atoms with Crippen LogP contribution in [0.1, 0.15) is 0 Å². The van der Waals surface area contributed by atoms with Crippen LogP contribution in [0, 0.1) is 0 Å². The summed E-state index contributed by atoms with van der Waals surface area (Å²) in [6, 6.07) is 0. The molecule has 200 valence electrons. The molecular weight excluding hydrogens is 587 g/mol. The van der Waals surface area contributed by atoms with E-state index in [1.54, 1.807) is 55.1 Å². The molecule has 38 heavy (non-hydrogen) atoms. The fourth-order valence-corrected chi connectivity index (χ4v) is 3.99. The van der Waals surface area contributed by atoms with Crippen LogP contribution in [0.3, 0.4) is 0 Å². The van der Waals surface area contributed by atoms with Crippen LogP contribution in [0.15, 0.2) is 105 Å². The van der Waals surface area contributed by atoms with Gasteiger partial charge in [-0.1, -0.05) is 34.8 Å². The second kappa shape index (κ2) is 16.4. The van der Waals surface area contributed by atoms with E-state index in [-0.39, 0.29) is 34.7 Å². The van der Waals surface area contributed by atoms with Gasteiger partial charge in [-0.2, -0.15) is 0 Å². The van der Waals surface area contributed by atoms with Crippen LogP contribution in [0.2, 0.25) is 0 Å². The van der Waals surface area contributed by atoms with E-state index in [1.165, 1.54) is 18.2 Å². The van der Waals surface area contributed by atoms with Crippen molar-refractivity contribution in [1.82, 2.24) is 20.9 Å². The van der Waals surface area contributed by atoms with Gasteiger partial charge in [-0.05, 0) is 54.7 Å². The van der Waals surface area contributed by atoms with Gasteiger partial charge in [0.25, 0.3) is 0 Å². The molecule has 0 aliphatic heterocycles. The number of carbonyl (C=O) groups is 3. The molecule has 0 spiro atoms. The Kier molecular flexibility index (Phi) is 13.7. The van der Waals surface area contributed by atoms with Gasteiger partial charge >= 0.3 is 0 Å². The number of hydrogen-bond donors (Lipinski definition) is 3. The second-order valence-electron chi connectivity index (χ2n) is 8.18. The molecule has 0 amide bonds. The summed E-state index contributed by atoms with van der Waals surface area (Å²) in [5.74, 6) is -0.317.